The molecule has 24 heavy (non-hydrogen) atoms. The zero-order valence-corrected chi connectivity index (χ0v) is 14.2. The first-order valence-corrected chi connectivity index (χ1v) is 8.52. The molecule has 2 heterocycles. The number of hydrogen-bond donors (Lipinski definition) is 0. The molecule has 1 aliphatic heterocycles. The second kappa shape index (κ2) is 7.43. The normalized spacial score (nSPS) is 18.5. The molecule has 0 bridgehead atoms. The summed E-state index contributed by atoms with van der Waals surface area (Å²) >= 11 is 0. The van der Waals surface area contributed by atoms with E-state index in [1.165, 1.54) is 0 Å². The van der Waals surface area contributed by atoms with Gasteiger partial charge in [-0.2, -0.15) is 4.98 Å². The average molecular weight is 325 g/mol. The molecule has 2 aromatic rings. The van der Waals surface area contributed by atoms with Crippen molar-refractivity contribution in [1.82, 2.24) is 15.0 Å². The van der Waals surface area contributed by atoms with E-state index in [4.69, 9.17) is 4.52 Å². The van der Waals surface area contributed by atoms with Crippen molar-refractivity contribution in [3.63, 3.8) is 0 Å². The van der Waals surface area contributed by atoms with Gasteiger partial charge in [-0.15, -0.1) is 0 Å². The highest BCUT2D eigenvalue weighted by Crippen LogP contribution is 2.30. The van der Waals surface area contributed by atoms with Crippen LogP contribution in [0.15, 0.2) is 40.9 Å². The molecule has 0 radical (unpaired) electrons. The molecule has 1 fully saturated rings. The number of piperidine rings is 1. The molecule has 1 aromatic carbocycles. The number of aromatic nitrogens is 2. The molecule has 1 amide bonds. The van der Waals surface area contributed by atoms with Crippen LogP contribution in [0.1, 0.15) is 62.3 Å². The third kappa shape index (κ3) is 3.72. The lowest BCUT2D eigenvalue weighted by Crippen LogP contribution is -2.37. The molecule has 1 atom stereocenters. The van der Waals surface area contributed by atoms with Gasteiger partial charge in [-0.3, -0.25) is 4.79 Å². The van der Waals surface area contributed by atoms with Crippen LogP contribution in [0, 0.1) is 0 Å². The summed E-state index contributed by atoms with van der Waals surface area (Å²) in [6.07, 6.45) is 6.42. The first kappa shape index (κ1) is 16.4. The Kier molecular flexibility index (Phi) is 5.08. The number of hydrogen-bond acceptors (Lipinski definition) is 4. The smallest absolute Gasteiger partial charge is 0.249 e. The lowest BCUT2D eigenvalue weighted by molar-refractivity contribution is -0.130. The molecule has 5 nitrogen and oxygen atoms in total. The van der Waals surface area contributed by atoms with Crippen LogP contribution in [0.25, 0.3) is 6.08 Å². The number of nitrogens with zero attached hydrogens (tertiary/aromatic N) is 3. The highest BCUT2D eigenvalue weighted by Gasteiger charge is 2.31. The maximum absolute atomic E-state index is 12.6. The van der Waals surface area contributed by atoms with Crippen molar-refractivity contribution >= 4 is 12.0 Å². The van der Waals surface area contributed by atoms with E-state index in [9.17, 15) is 4.79 Å². The Balaban J connectivity index is 1.76. The van der Waals surface area contributed by atoms with Crippen LogP contribution in [0.5, 0.6) is 0 Å². The van der Waals surface area contributed by atoms with Crippen molar-refractivity contribution in [2.75, 3.05) is 6.54 Å². The molecule has 0 N–H and O–H groups in total. The van der Waals surface area contributed by atoms with Gasteiger partial charge in [0, 0.05) is 18.5 Å². The van der Waals surface area contributed by atoms with Crippen LogP contribution in [0.4, 0.5) is 0 Å². The Labute approximate surface area is 142 Å². The molecule has 0 spiro atoms. The van der Waals surface area contributed by atoms with Gasteiger partial charge in [0.15, 0.2) is 5.82 Å². The van der Waals surface area contributed by atoms with Crippen molar-refractivity contribution in [1.29, 1.82) is 0 Å². The van der Waals surface area contributed by atoms with Gasteiger partial charge in [0.25, 0.3) is 0 Å². The molecule has 3 rings (SSSR count). The SMILES string of the molecule is CC(C)c1noc([C@@H]2CCCCN2C(=O)/C=C/c2ccccc2)n1. The van der Waals surface area contributed by atoms with E-state index in [1.54, 1.807) is 6.08 Å². The van der Waals surface area contributed by atoms with E-state index < -0.39 is 0 Å². The second-order valence-corrected chi connectivity index (χ2v) is 6.43. The van der Waals surface area contributed by atoms with Crippen LogP contribution in [-0.4, -0.2) is 27.5 Å². The van der Waals surface area contributed by atoms with Gasteiger partial charge in [-0.1, -0.05) is 49.3 Å². The Morgan fingerprint density at radius 2 is 2.08 bits per heavy atom. The summed E-state index contributed by atoms with van der Waals surface area (Å²) < 4.78 is 5.43. The van der Waals surface area contributed by atoms with Crippen molar-refractivity contribution in [3.8, 4) is 0 Å². The van der Waals surface area contributed by atoms with E-state index in [2.05, 4.69) is 10.1 Å². The van der Waals surface area contributed by atoms with Crippen LogP contribution < -0.4 is 0 Å². The van der Waals surface area contributed by atoms with Crippen molar-refractivity contribution in [2.45, 2.75) is 45.1 Å². The molecule has 1 aromatic heterocycles. The van der Waals surface area contributed by atoms with E-state index in [0.29, 0.717) is 11.7 Å². The largest absolute Gasteiger partial charge is 0.337 e. The molecular weight excluding hydrogens is 302 g/mol. The van der Waals surface area contributed by atoms with E-state index in [1.807, 2.05) is 55.2 Å². The minimum atomic E-state index is -0.119. The number of benzene rings is 1. The van der Waals surface area contributed by atoms with Crippen LogP contribution >= 0.6 is 0 Å². The number of amides is 1. The first-order valence-electron chi connectivity index (χ1n) is 8.52. The quantitative estimate of drug-likeness (QED) is 0.798. The number of carbonyl (C=O) groups excluding carboxylic acids is 1. The number of carbonyl (C=O) groups is 1. The Bertz CT molecular complexity index is 706. The molecule has 0 saturated carbocycles. The van der Waals surface area contributed by atoms with E-state index >= 15 is 0 Å². The molecular formula is C19H23N3O2. The monoisotopic (exact) mass is 325 g/mol. The molecule has 5 heteroatoms. The lowest BCUT2D eigenvalue weighted by Gasteiger charge is -2.32. The summed E-state index contributed by atoms with van der Waals surface area (Å²) in [5, 5.41) is 4.04. The van der Waals surface area contributed by atoms with Crippen LogP contribution in [-0.2, 0) is 4.79 Å². The summed E-state index contributed by atoms with van der Waals surface area (Å²) in [6.45, 7) is 4.78. The van der Waals surface area contributed by atoms with Crippen molar-refractivity contribution in [3.05, 3.63) is 53.7 Å². The molecule has 0 aliphatic carbocycles. The van der Waals surface area contributed by atoms with Gasteiger partial charge >= 0.3 is 0 Å². The fraction of sp³-hybridized carbons (Fsp3) is 0.421. The third-order valence-electron chi connectivity index (χ3n) is 4.26. The third-order valence-corrected chi connectivity index (χ3v) is 4.26. The summed E-state index contributed by atoms with van der Waals surface area (Å²) in [5.74, 6) is 1.46. The first-order chi connectivity index (χ1) is 11.6. The fourth-order valence-corrected chi connectivity index (χ4v) is 2.90. The van der Waals surface area contributed by atoms with Gasteiger partial charge in [-0.25, -0.2) is 0 Å². The van der Waals surface area contributed by atoms with Crippen molar-refractivity contribution in [2.24, 2.45) is 0 Å². The lowest BCUT2D eigenvalue weighted by atomic mass is 10.0. The average Bonchev–Trinajstić information content (AvgIpc) is 3.11. The highest BCUT2D eigenvalue weighted by molar-refractivity contribution is 5.92. The van der Waals surface area contributed by atoms with Gasteiger partial charge in [0.05, 0.1) is 0 Å². The van der Waals surface area contributed by atoms with Gasteiger partial charge in [0.1, 0.15) is 6.04 Å². The molecule has 1 aliphatic rings. The summed E-state index contributed by atoms with van der Waals surface area (Å²) in [6, 6.07) is 9.71. The Morgan fingerprint density at radius 3 is 2.79 bits per heavy atom. The van der Waals surface area contributed by atoms with Crippen LogP contribution in [0.2, 0.25) is 0 Å². The highest BCUT2D eigenvalue weighted by atomic mass is 16.5. The summed E-state index contributed by atoms with van der Waals surface area (Å²) in [4.78, 5) is 19.0. The number of likely N-dealkylation sites (tertiary alicyclic amines) is 1. The van der Waals surface area contributed by atoms with Crippen LogP contribution in [0.3, 0.4) is 0 Å². The molecule has 126 valence electrons. The van der Waals surface area contributed by atoms with Gasteiger partial charge in [-0.05, 0) is 30.9 Å². The molecule has 1 saturated heterocycles. The maximum Gasteiger partial charge on any atom is 0.249 e. The minimum Gasteiger partial charge on any atom is -0.337 e. The fourth-order valence-electron chi connectivity index (χ4n) is 2.90. The predicted molar refractivity (Wildman–Crippen MR) is 92.2 cm³/mol. The van der Waals surface area contributed by atoms with E-state index in [-0.39, 0.29) is 17.9 Å². The Morgan fingerprint density at radius 1 is 1.29 bits per heavy atom. The Hall–Kier alpha value is -2.43. The zero-order valence-electron chi connectivity index (χ0n) is 14.2. The summed E-state index contributed by atoms with van der Waals surface area (Å²) in [5.41, 5.74) is 1.01. The topological polar surface area (TPSA) is 59.2 Å². The maximum atomic E-state index is 12.6. The second-order valence-electron chi connectivity index (χ2n) is 6.43. The van der Waals surface area contributed by atoms with E-state index in [0.717, 1.165) is 31.4 Å². The molecule has 0 unspecified atom stereocenters. The predicted octanol–water partition coefficient (Wildman–Crippen LogP) is 3.96. The summed E-state index contributed by atoms with van der Waals surface area (Å²) in [7, 11) is 0. The minimum absolute atomic E-state index is 0.00662. The zero-order chi connectivity index (χ0) is 16.9. The van der Waals surface area contributed by atoms with Crippen molar-refractivity contribution < 1.29 is 9.32 Å². The van der Waals surface area contributed by atoms with Gasteiger partial charge < -0.3 is 9.42 Å². The van der Waals surface area contributed by atoms with Gasteiger partial charge in [0.2, 0.25) is 11.8 Å². The standard InChI is InChI=1S/C19H23N3O2/c1-14(2)18-20-19(24-21-18)16-10-6-7-13-22(16)17(23)12-11-15-8-4-3-5-9-15/h3-5,8-9,11-12,14,16H,6-7,10,13H2,1-2H3/b12-11+/t16-/m0/s1. The number of rotatable bonds is 4.